The Balaban J connectivity index is 2.05. The molecule has 0 N–H and O–H groups in total. The highest BCUT2D eigenvalue weighted by Gasteiger charge is 2.17. The van der Waals surface area contributed by atoms with Crippen LogP contribution in [0.5, 0.6) is 0 Å². The number of hydrogen-bond donors (Lipinski definition) is 0. The first kappa shape index (κ1) is 15.8. The van der Waals surface area contributed by atoms with Crippen LogP contribution < -0.4 is 0 Å². The number of ketones is 1. The molecule has 0 spiro atoms. The Morgan fingerprint density at radius 3 is 2.14 bits per heavy atom. The second-order valence-corrected chi connectivity index (χ2v) is 6.72. The van der Waals surface area contributed by atoms with Gasteiger partial charge in [-0.15, -0.1) is 0 Å². The molecule has 2 rings (SSSR count). The number of carbonyl (C=O) groups is 1. The summed E-state index contributed by atoms with van der Waals surface area (Å²) in [7, 11) is -3.51. The largest absolute Gasteiger partial charge is 0.294 e. The van der Waals surface area contributed by atoms with Crippen molar-refractivity contribution in [3.8, 4) is 0 Å². The molecule has 0 aliphatic heterocycles. The predicted molar refractivity (Wildman–Crippen MR) is 80.5 cm³/mol. The molecule has 0 saturated carbocycles. The molecule has 7 heteroatoms. The summed E-state index contributed by atoms with van der Waals surface area (Å²) in [5.74, 6) is -0.665. The monoisotopic (exact) mass is 319 g/mol. The fraction of sp³-hybridized carbons (Fsp3) is 0.133. The van der Waals surface area contributed by atoms with Crippen molar-refractivity contribution in [2.24, 2.45) is 0 Å². The van der Waals surface area contributed by atoms with E-state index in [9.17, 15) is 23.3 Å². The van der Waals surface area contributed by atoms with Gasteiger partial charge in [-0.05, 0) is 24.3 Å². The van der Waals surface area contributed by atoms with Crippen LogP contribution in [-0.2, 0) is 9.84 Å². The third-order valence-corrected chi connectivity index (χ3v) is 4.83. The van der Waals surface area contributed by atoms with Gasteiger partial charge >= 0.3 is 0 Å². The highest BCUT2D eigenvalue weighted by atomic mass is 32.2. The fourth-order valence-corrected chi connectivity index (χ4v) is 3.15. The summed E-state index contributed by atoms with van der Waals surface area (Å²) in [5.41, 5.74) is 0.141. The summed E-state index contributed by atoms with van der Waals surface area (Å²) in [4.78, 5) is 22.1. The lowest BCUT2D eigenvalue weighted by atomic mass is 10.1. The molecule has 0 fully saturated rings. The van der Waals surface area contributed by atoms with E-state index in [1.807, 2.05) is 0 Å². The van der Waals surface area contributed by atoms with E-state index in [1.165, 1.54) is 36.4 Å². The Labute approximate surface area is 127 Å². The van der Waals surface area contributed by atoms with Gasteiger partial charge in [0.2, 0.25) is 0 Å². The van der Waals surface area contributed by atoms with Gasteiger partial charge in [-0.25, -0.2) is 8.42 Å². The van der Waals surface area contributed by atoms with Crippen LogP contribution in [0.15, 0.2) is 59.5 Å². The zero-order valence-electron chi connectivity index (χ0n) is 11.5. The Hall–Kier alpha value is -2.54. The molecule has 2 aromatic rings. The number of hydrogen-bond acceptors (Lipinski definition) is 5. The van der Waals surface area contributed by atoms with Crippen LogP contribution in [0.25, 0.3) is 0 Å². The molecule has 0 unspecified atom stereocenters. The van der Waals surface area contributed by atoms with Gasteiger partial charge in [0, 0.05) is 24.1 Å². The fourth-order valence-electron chi connectivity index (χ4n) is 1.89. The van der Waals surface area contributed by atoms with Crippen LogP contribution in [0.4, 0.5) is 5.69 Å². The van der Waals surface area contributed by atoms with E-state index in [0.29, 0.717) is 0 Å². The highest BCUT2D eigenvalue weighted by Crippen LogP contribution is 2.15. The van der Waals surface area contributed by atoms with Gasteiger partial charge in [-0.3, -0.25) is 14.9 Å². The molecular formula is C15H13NO5S. The molecule has 0 aliphatic carbocycles. The van der Waals surface area contributed by atoms with Gasteiger partial charge in [0.05, 0.1) is 15.6 Å². The zero-order valence-corrected chi connectivity index (χ0v) is 12.3. The number of rotatable bonds is 6. The smallest absolute Gasteiger partial charge is 0.269 e. The lowest BCUT2D eigenvalue weighted by Gasteiger charge is -2.04. The van der Waals surface area contributed by atoms with Crippen LogP contribution in [0.2, 0.25) is 0 Å². The van der Waals surface area contributed by atoms with Crippen LogP contribution in [0, 0.1) is 10.1 Å². The molecule has 0 atom stereocenters. The molecule has 0 amide bonds. The van der Waals surface area contributed by atoms with Crippen LogP contribution >= 0.6 is 0 Å². The van der Waals surface area contributed by atoms with E-state index in [-0.39, 0.29) is 34.1 Å². The van der Waals surface area contributed by atoms with Gasteiger partial charge in [-0.1, -0.05) is 18.2 Å². The third kappa shape index (κ3) is 3.76. The number of nitrogens with zero attached hydrogens (tertiary/aromatic N) is 1. The Kier molecular flexibility index (Phi) is 4.67. The second kappa shape index (κ2) is 6.48. The number of sulfone groups is 1. The number of nitro groups is 1. The molecule has 6 nitrogen and oxygen atoms in total. The maximum atomic E-state index is 12.1. The molecule has 0 aliphatic rings. The summed E-state index contributed by atoms with van der Waals surface area (Å²) in [6.45, 7) is 0. The van der Waals surface area contributed by atoms with E-state index in [1.54, 1.807) is 18.2 Å². The summed E-state index contributed by atoms with van der Waals surface area (Å²) in [6, 6.07) is 13.0. The number of Topliss-reactive ketones (excluding diaryl/α,β-unsaturated/α-hetero) is 1. The van der Waals surface area contributed by atoms with Crippen molar-refractivity contribution in [3.05, 3.63) is 70.3 Å². The van der Waals surface area contributed by atoms with Gasteiger partial charge in [0.25, 0.3) is 5.69 Å². The van der Waals surface area contributed by atoms with Crippen LogP contribution in [-0.4, -0.2) is 24.9 Å². The Morgan fingerprint density at radius 2 is 1.59 bits per heavy atom. The normalized spacial score (nSPS) is 11.1. The van der Waals surface area contributed by atoms with Crippen molar-refractivity contribution in [1.82, 2.24) is 0 Å². The van der Waals surface area contributed by atoms with Crippen molar-refractivity contribution in [1.29, 1.82) is 0 Å². The molecule has 0 saturated heterocycles. The number of non-ortho nitro benzene ring substituents is 1. The van der Waals surface area contributed by atoms with E-state index >= 15 is 0 Å². The zero-order chi connectivity index (χ0) is 16.2. The van der Waals surface area contributed by atoms with Crippen molar-refractivity contribution in [3.63, 3.8) is 0 Å². The summed E-state index contributed by atoms with van der Waals surface area (Å²) < 4.78 is 24.1. The minimum Gasteiger partial charge on any atom is -0.294 e. The van der Waals surface area contributed by atoms with Gasteiger partial charge in [-0.2, -0.15) is 0 Å². The van der Waals surface area contributed by atoms with Gasteiger partial charge in [0.1, 0.15) is 0 Å². The highest BCUT2D eigenvalue weighted by molar-refractivity contribution is 7.91. The maximum absolute atomic E-state index is 12.1. The Bertz CT molecular complexity index is 782. The number of nitro benzene ring substituents is 1. The third-order valence-electron chi connectivity index (χ3n) is 3.10. The second-order valence-electron chi connectivity index (χ2n) is 4.61. The molecule has 114 valence electrons. The topological polar surface area (TPSA) is 94.3 Å². The standard InChI is InChI=1S/C15H13NO5S/c17-15(12-6-8-13(9-7-12)16(18)19)10-11-22(20,21)14-4-2-1-3-5-14/h1-9H,10-11H2. The first-order valence-corrected chi connectivity index (χ1v) is 8.11. The molecule has 0 aromatic heterocycles. The van der Waals surface area contributed by atoms with Crippen LogP contribution in [0.1, 0.15) is 16.8 Å². The first-order valence-electron chi connectivity index (χ1n) is 6.45. The average Bonchev–Trinajstić information content (AvgIpc) is 2.53. The summed E-state index contributed by atoms with van der Waals surface area (Å²) in [5, 5.41) is 10.5. The molecule has 0 bridgehead atoms. The average molecular weight is 319 g/mol. The van der Waals surface area contributed by atoms with Gasteiger partial charge in [0.15, 0.2) is 15.6 Å². The van der Waals surface area contributed by atoms with E-state index in [2.05, 4.69) is 0 Å². The minimum absolute atomic E-state index is 0.117. The van der Waals surface area contributed by atoms with E-state index < -0.39 is 14.8 Å². The van der Waals surface area contributed by atoms with Crippen molar-refractivity contribution < 1.29 is 18.1 Å². The number of benzene rings is 2. The maximum Gasteiger partial charge on any atom is 0.269 e. The lowest BCUT2D eigenvalue weighted by Crippen LogP contribution is -2.11. The molecule has 22 heavy (non-hydrogen) atoms. The summed E-state index contributed by atoms with van der Waals surface area (Å²) in [6.07, 6.45) is -0.172. The van der Waals surface area contributed by atoms with Crippen LogP contribution in [0.3, 0.4) is 0 Å². The molecule has 0 heterocycles. The van der Waals surface area contributed by atoms with E-state index in [0.717, 1.165) is 0 Å². The molecule has 0 radical (unpaired) electrons. The van der Waals surface area contributed by atoms with E-state index in [4.69, 9.17) is 0 Å². The van der Waals surface area contributed by atoms with Crippen molar-refractivity contribution in [2.75, 3.05) is 5.75 Å². The first-order chi connectivity index (χ1) is 10.4. The quantitative estimate of drug-likeness (QED) is 0.463. The van der Waals surface area contributed by atoms with Gasteiger partial charge < -0.3 is 0 Å². The predicted octanol–water partition coefficient (Wildman–Crippen LogP) is 2.64. The lowest BCUT2D eigenvalue weighted by molar-refractivity contribution is -0.384. The number of carbonyl (C=O) groups excluding carboxylic acids is 1. The SMILES string of the molecule is O=C(CCS(=O)(=O)c1ccccc1)c1ccc([N+](=O)[O-])cc1. The Morgan fingerprint density at radius 1 is 1.00 bits per heavy atom. The van der Waals surface area contributed by atoms with Crippen molar-refractivity contribution >= 4 is 21.3 Å². The molecule has 2 aromatic carbocycles. The minimum atomic E-state index is -3.51. The summed E-state index contributed by atoms with van der Waals surface area (Å²) >= 11 is 0. The van der Waals surface area contributed by atoms with Crippen molar-refractivity contribution in [2.45, 2.75) is 11.3 Å². The molecular weight excluding hydrogens is 306 g/mol.